The molecule has 0 aliphatic rings. The fourth-order valence-electron chi connectivity index (χ4n) is 1.78. The van der Waals surface area contributed by atoms with Gasteiger partial charge in [-0.2, -0.15) is 0 Å². The highest BCUT2D eigenvalue weighted by Gasteiger charge is 2.11. The Morgan fingerprint density at radius 1 is 1.36 bits per heavy atom. The molecule has 22 heavy (non-hydrogen) atoms. The van der Waals surface area contributed by atoms with Crippen LogP contribution in [0.15, 0.2) is 24.3 Å². The van der Waals surface area contributed by atoms with E-state index in [0.717, 1.165) is 15.2 Å². The van der Waals surface area contributed by atoms with Crippen molar-refractivity contribution in [3.8, 4) is 0 Å². The van der Waals surface area contributed by atoms with Gasteiger partial charge in [0.15, 0.2) is 0 Å². The van der Waals surface area contributed by atoms with Crippen LogP contribution in [0.4, 0.5) is 0 Å². The zero-order valence-corrected chi connectivity index (χ0v) is 15.0. The largest absolute Gasteiger partial charge is 0.383 e. The second kappa shape index (κ2) is 10.7. The molecule has 0 spiro atoms. The normalized spacial score (nSPS) is 9.91. The molecule has 2 rings (SSSR count). The van der Waals surface area contributed by atoms with Gasteiger partial charge in [0, 0.05) is 20.7 Å². The topological polar surface area (TPSA) is 54.5 Å². The van der Waals surface area contributed by atoms with Gasteiger partial charge in [-0.05, 0) is 12.1 Å². The predicted molar refractivity (Wildman–Crippen MR) is 95.3 cm³/mol. The average molecular weight is 366 g/mol. The Morgan fingerprint density at radius 2 is 2.09 bits per heavy atom. The van der Waals surface area contributed by atoms with E-state index in [1.165, 1.54) is 0 Å². The monoisotopic (exact) mass is 365 g/mol. The standard InChI is InChI=1S/C14H19N3O2S.2ClH/c1-17(14(18)9-15-7-8-19-2)10-13-16-11-5-3-4-6-12(11)20-13;;/h3-6,15H,7-10H2,1-2H3;2*1H. The van der Waals surface area contributed by atoms with Gasteiger partial charge in [-0.1, -0.05) is 12.1 Å². The molecule has 0 atom stereocenters. The van der Waals surface area contributed by atoms with Crippen LogP contribution in [0.5, 0.6) is 0 Å². The van der Waals surface area contributed by atoms with Crippen LogP contribution in [0.2, 0.25) is 0 Å². The van der Waals surface area contributed by atoms with E-state index < -0.39 is 0 Å². The maximum absolute atomic E-state index is 11.9. The van der Waals surface area contributed by atoms with Crippen molar-refractivity contribution in [1.29, 1.82) is 0 Å². The first-order chi connectivity index (χ1) is 9.70. The number of benzene rings is 1. The number of amides is 1. The third kappa shape index (κ3) is 6.06. The first-order valence-electron chi connectivity index (χ1n) is 6.49. The van der Waals surface area contributed by atoms with Gasteiger partial charge in [-0.15, -0.1) is 36.2 Å². The summed E-state index contributed by atoms with van der Waals surface area (Å²) < 4.78 is 6.07. The third-order valence-corrected chi connectivity index (χ3v) is 3.92. The van der Waals surface area contributed by atoms with E-state index in [9.17, 15) is 4.79 Å². The number of aromatic nitrogens is 1. The van der Waals surface area contributed by atoms with Gasteiger partial charge < -0.3 is 15.0 Å². The minimum absolute atomic E-state index is 0. The van der Waals surface area contributed by atoms with E-state index in [4.69, 9.17) is 4.74 Å². The molecule has 8 heteroatoms. The number of fused-ring (bicyclic) bond motifs is 1. The van der Waals surface area contributed by atoms with Gasteiger partial charge >= 0.3 is 0 Å². The fraction of sp³-hybridized carbons (Fsp3) is 0.429. The van der Waals surface area contributed by atoms with Gasteiger partial charge in [0.2, 0.25) is 5.91 Å². The van der Waals surface area contributed by atoms with Crippen LogP contribution in [-0.4, -0.2) is 49.6 Å². The summed E-state index contributed by atoms with van der Waals surface area (Å²) in [4.78, 5) is 18.1. The van der Waals surface area contributed by atoms with Crippen LogP contribution in [0.3, 0.4) is 0 Å². The van der Waals surface area contributed by atoms with Crippen molar-refractivity contribution in [2.24, 2.45) is 0 Å². The summed E-state index contributed by atoms with van der Waals surface area (Å²) in [5.41, 5.74) is 0.992. The van der Waals surface area contributed by atoms with Crippen LogP contribution in [0, 0.1) is 0 Å². The van der Waals surface area contributed by atoms with Gasteiger partial charge in [-0.3, -0.25) is 4.79 Å². The molecule has 0 fully saturated rings. The highest BCUT2D eigenvalue weighted by molar-refractivity contribution is 7.18. The number of halogens is 2. The van der Waals surface area contributed by atoms with Crippen molar-refractivity contribution < 1.29 is 9.53 Å². The number of nitrogens with one attached hydrogen (secondary N) is 1. The first-order valence-corrected chi connectivity index (χ1v) is 7.30. The first kappa shape index (κ1) is 21.1. The van der Waals surface area contributed by atoms with Crippen LogP contribution in [-0.2, 0) is 16.1 Å². The van der Waals surface area contributed by atoms with Crippen molar-refractivity contribution in [3.63, 3.8) is 0 Å². The van der Waals surface area contributed by atoms with E-state index in [2.05, 4.69) is 10.3 Å². The zero-order valence-electron chi connectivity index (χ0n) is 12.6. The molecule has 0 aliphatic heterocycles. The molecular weight excluding hydrogens is 345 g/mol. The molecule has 0 saturated heterocycles. The lowest BCUT2D eigenvalue weighted by Crippen LogP contribution is -2.36. The second-order valence-electron chi connectivity index (χ2n) is 4.49. The van der Waals surface area contributed by atoms with E-state index >= 15 is 0 Å². The Kier molecular flexibility index (Phi) is 10.3. The smallest absolute Gasteiger partial charge is 0.236 e. The summed E-state index contributed by atoms with van der Waals surface area (Å²) in [7, 11) is 3.44. The van der Waals surface area contributed by atoms with Crippen molar-refractivity contribution >= 4 is 52.3 Å². The SMILES string of the molecule is COCCNCC(=O)N(C)Cc1nc2ccccc2s1.Cl.Cl. The van der Waals surface area contributed by atoms with Crippen molar-refractivity contribution in [2.75, 3.05) is 33.9 Å². The minimum Gasteiger partial charge on any atom is -0.383 e. The fourth-order valence-corrected chi connectivity index (χ4v) is 2.80. The van der Waals surface area contributed by atoms with Crippen LogP contribution in [0.25, 0.3) is 10.2 Å². The molecule has 0 bridgehead atoms. The molecule has 124 valence electrons. The molecule has 1 amide bonds. The highest BCUT2D eigenvalue weighted by Crippen LogP contribution is 2.22. The van der Waals surface area contributed by atoms with Gasteiger partial charge in [0.25, 0.3) is 0 Å². The van der Waals surface area contributed by atoms with Gasteiger partial charge in [-0.25, -0.2) is 4.98 Å². The molecule has 2 aromatic rings. The molecule has 1 aromatic heterocycles. The molecule has 1 aromatic carbocycles. The van der Waals surface area contributed by atoms with Crippen LogP contribution < -0.4 is 5.32 Å². The lowest BCUT2D eigenvalue weighted by molar-refractivity contribution is -0.129. The third-order valence-electron chi connectivity index (χ3n) is 2.90. The number of likely N-dealkylation sites (N-methyl/N-ethyl adjacent to an activating group) is 1. The van der Waals surface area contributed by atoms with E-state index in [1.54, 1.807) is 30.4 Å². The summed E-state index contributed by atoms with van der Waals surface area (Å²) in [6.07, 6.45) is 0. The summed E-state index contributed by atoms with van der Waals surface area (Å²) in [5.74, 6) is 0.0559. The quantitative estimate of drug-likeness (QED) is 0.765. The van der Waals surface area contributed by atoms with E-state index in [-0.39, 0.29) is 30.7 Å². The molecule has 0 saturated carbocycles. The molecule has 0 radical (unpaired) electrons. The van der Waals surface area contributed by atoms with Crippen molar-refractivity contribution in [1.82, 2.24) is 15.2 Å². The number of hydrogen-bond acceptors (Lipinski definition) is 5. The number of carbonyl (C=O) groups is 1. The second-order valence-corrected chi connectivity index (χ2v) is 5.61. The van der Waals surface area contributed by atoms with E-state index in [0.29, 0.717) is 26.2 Å². The molecule has 0 aliphatic carbocycles. The van der Waals surface area contributed by atoms with Crippen molar-refractivity contribution in [2.45, 2.75) is 6.54 Å². The van der Waals surface area contributed by atoms with E-state index in [1.807, 2.05) is 24.3 Å². The zero-order chi connectivity index (χ0) is 14.4. The number of methoxy groups -OCH3 is 1. The minimum atomic E-state index is 0. The van der Waals surface area contributed by atoms with Gasteiger partial charge in [0.05, 0.1) is 29.9 Å². The number of thiazole rings is 1. The highest BCUT2D eigenvalue weighted by atomic mass is 35.5. The summed E-state index contributed by atoms with van der Waals surface area (Å²) in [6, 6.07) is 8.01. The number of nitrogens with zero attached hydrogens (tertiary/aromatic N) is 2. The maximum Gasteiger partial charge on any atom is 0.236 e. The lowest BCUT2D eigenvalue weighted by atomic mass is 10.3. The number of para-hydroxylation sites is 1. The molecular formula is C14H21Cl2N3O2S. The Labute approximate surface area is 146 Å². The van der Waals surface area contributed by atoms with Crippen molar-refractivity contribution in [3.05, 3.63) is 29.3 Å². The average Bonchev–Trinajstić information content (AvgIpc) is 2.85. The number of ether oxygens (including phenoxy) is 1. The number of hydrogen-bond donors (Lipinski definition) is 1. The molecule has 0 unspecified atom stereocenters. The Balaban J connectivity index is 0.00000220. The maximum atomic E-state index is 11.9. The van der Waals surface area contributed by atoms with Crippen LogP contribution >= 0.6 is 36.2 Å². The van der Waals surface area contributed by atoms with Gasteiger partial charge in [0.1, 0.15) is 5.01 Å². The lowest BCUT2D eigenvalue weighted by Gasteiger charge is -2.15. The van der Waals surface area contributed by atoms with Crippen LogP contribution in [0.1, 0.15) is 5.01 Å². The Bertz CT molecular complexity index is 547. The Hall–Kier alpha value is -0.920. The number of rotatable bonds is 7. The Morgan fingerprint density at radius 3 is 2.77 bits per heavy atom. The summed E-state index contributed by atoms with van der Waals surface area (Å²) >= 11 is 1.63. The molecule has 1 heterocycles. The molecule has 1 N–H and O–H groups in total. The molecule has 5 nitrogen and oxygen atoms in total. The number of carbonyl (C=O) groups excluding carboxylic acids is 1. The summed E-state index contributed by atoms with van der Waals surface area (Å²) in [6.45, 7) is 2.15. The summed E-state index contributed by atoms with van der Waals surface area (Å²) in [5, 5.41) is 4.00. The predicted octanol–water partition coefficient (Wildman–Crippen LogP) is 2.33.